The van der Waals surface area contributed by atoms with E-state index >= 15 is 0 Å². The summed E-state index contributed by atoms with van der Waals surface area (Å²) < 4.78 is 0. The molecule has 0 spiro atoms. The fraction of sp³-hybridized carbons (Fsp3) is 0.526. The summed E-state index contributed by atoms with van der Waals surface area (Å²) >= 11 is 0. The standard InChI is InChI=1S/C19H27N3/c1-3-12-22(13-4-2)16-9-8-15-6-5-7-17(18(15)14-16)19-10-11-20-21-19/h5-7,10-11,16H,3-4,8-9,12-14H2,1-2H3,(H,20,21). The number of rotatable bonds is 6. The van der Waals surface area contributed by atoms with Crippen molar-refractivity contribution in [2.75, 3.05) is 13.1 Å². The molecule has 1 aromatic carbocycles. The third-order valence-corrected chi connectivity index (χ3v) is 4.79. The van der Waals surface area contributed by atoms with Crippen LogP contribution >= 0.6 is 0 Å². The normalized spacial score (nSPS) is 17.7. The van der Waals surface area contributed by atoms with Crippen molar-refractivity contribution in [3.8, 4) is 11.3 Å². The Morgan fingerprint density at radius 1 is 1.18 bits per heavy atom. The third kappa shape index (κ3) is 3.09. The molecule has 118 valence electrons. The highest BCUT2D eigenvalue weighted by Gasteiger charge is 2.25. The molecule has 2 aromatic rings. The molecule has 0 radical (unpaired) electrons. The quantitative estimate of drug-likeness (QED) is 0.872. The second kappa shape index (κ2) is 7.10. The van der Waals surface area contributed by atoms with Crippen LogP contribution < -0.4 is 0 Å². The Labute approximate surface area is 133 Å². The molecule has 3 heteroatoms. The van der Waals surface area contributed by atoms with Crippen LogP contribution in [0.2, 0.25) is 0 Å². The lowest BCUT2D eigenvalue weighted by molar-refractivity contribution is 0.180. The molecule has 3 nitrogen and oxygen atoms in total. The molecular formula is C19H27N3. The van der Waals surface area contributed by atoms with E-state index in [1.807, 2.05) is 6.20 Å². The van der Waals surface area contributed by atoms with Crippen LogP contribution in [0.1, 0.15) is 44.2 Å². The molecule has 0 bridgehead atoms. The van der Waals surface area contributed by atoms with Gasteiger partial charge in [0.2, 0.25) is 0 Å². The summed E-state index contributed by atoms with van der Waals surface area (Å²) in [7, 11) is 0. The number of fused-ring (bicyclic) bond motifs is 1. The van der Waals surface area contributed by atoms with Crippen LogP contribution in [-0.4, -0.2) is 34.2 Å². The van der Waals surface area contributed by atoms with Gasteiger partial charge in [0.05, 0.1) is 5.69 Å². The molecule has 0 saturated carbocycles. The molecule has 1 atom stereocenters. The van der Waals surface area contributed by atoms with Gasteiger partial charge in [-0.2, -0.15) is 5.10 Å². The maximum absolute atomic E-state index is 4.13. The minimum atomic E-state index is 0.691. The zero-order valence-corrected chi connectivity index (χ0v) is 13.8. The highest BCUT2D eigenvalue weighted by Crippen LogP contribution is 2.32. The Hall–Kier alpha value is -1.61. The summed E-state index contributed by atoms with van der Waals surface area (Å²) in [6, 6.07) is 9.49. The van der Waals surface area contributed by atoms with Crippen molar-refractivity contribution in [3.63, 3.8) is 0 Å². The first-order valence-corrected chi connectivity index (χ1v) is 8.68. The molecule has 1 aliphatic rings. The lowest BCUT2D eigenvalue weighted by Crippen LogP contribution is -2.40. The molecule has 1 aromatic heterocycles. The number of benzene rings is 1. The third-order valence-electron chi connectivity index (χ3n) is 4.79. The van der Waals surface area contributed by atoms with E-state index < -0.39 is 0 Å². The van der Waals surface area contributed by atoms with E-state index in [2.05, 4.69) is 53.2 Å². The number of aryl methyl sites for hydroxylation is 1. The van der Waals surface area contributed by atoms with Gasteiger partial charge >= 0.3 is 0 Å². The lowest BCUT2D eigenvalue weighted by Gasteiger charge is -2.35. The smallest absolute Gasteiger partial charge is 0.0653 e. The molecule has 22 heavy (non-hydrogen) atoms. The number of hydrogen-bond donors (Lipinski definition) is 1. The van der Waals surface area contributed by atoms with Gasteiger partial charge in [-0.15, -0.1) is 0 Å². The van der Waals surface area contributed by atoms with Crippen LogP contribution in [0.25, 0.3) is 11.3 Å². The van der Waals surface area contributed by atoms with Crippen molar-refractivity contribution in [2.24, 2.45) is 0 Å². The minimum Gasteiger partial charge on any atom is -0.300 e. The SMILES string of the molecule is CCCN(CCC)C1CCc2cccc(-c3ccn[nH]3)c2C1. The number of nitrogens with zero attached hydrogens (tertiary/aromatic N) is 2. The topological polar surface area (TPSA) is 31.9 Å². The number of H-pyrrole nitrogens is 1. The maximum atomic E-state index is 4.13. The van der Waals surface area contributed by atoms with Crippen molar-refractivity contribution in [2.45, 2.75) is 52.0 Å². The van der Waals surface area contributed by atoms with Gasteiger partial charge in [-0.3, -0.25) is 5.10 Å². The summed E-state index contributed by atoms with van der Waals surface area (Å²) in [4.78, 5) is 2.70. The summed E-state index contributed by atoms with van der Waals surface area (Å²) in [6.07, 6.45) is 7.99. The lowest BCUT2D eigenvalue weighted by atomic mass is 9.84. The predicted octanol–water partition coefficient (Wildman–Crippen LogP) is 4.06. The van der Waals surface area contributed by atoms with E-state index in [0.29, 0.717) is 6.04 Å². The highest BCUT2D eigenvalue weighted by molar-refractivity contribution is 5.65. The molecule has 1 N–H and O–H groups in total. The Balaban J connectivity index is 1.88. The van der Waals surface area contributed by atoms with E-state index in [-0.39, 0.29) is 0 Å². The Bertz CT molecular complexity index is 583. The maximum Gasteiger partial charge on any atom is 0.0653 e. The Morgan fingerprint density at radius 2 is 2.00 bits per heavy atom. The van der Waals surface area contributed by atoms with Gasteiger partial charge < -0.3 is 4.90 Å². The molecule has 3 rings (SSSR count). The molecule has 0 aliphatic heterocycles. The van der Waals surface area contributed by atoms with E-state index in [1.54, 1.807) is 0 Å². The van der Waals surface area contributed by atoms with Gasteiger partial charge in [0, 0.05) is 17.8 Å². The molecule has 1 heterocycles. The number of aromatic nitrogens is 2. The van der Waals surface area contributed by atoms with E-state index in [4.69, 9.17) is 0 Å². The molecule has 0 amide bonds. The second-order valence-corrected chi connectivity index (χ2v) is 6.35. The second-order valence-electron chi connectivity index (χ2n) is 6.35. The fourth-order valence-corrected chi connectivity index (χ4v) is 3.79. The first-order chi connectivity index (χ1) is 10.8. The van der Waals surface area contributed by atoms with E-state index in [0.717, 1.165) is 5.69 Å². The summed E-state index contributed by atoms with van der Waals surface area (Å²) in [5.74, 6) is 0. The zero-order chi connectivity index (χ0) is 15.4. The Morgan fingerprint density at radius 3 is 2.68 bits per heavy atom. The van der Waals surface area contributed by atoms with E-state index in [9.17, 15) is 0 Å². The van der Waals surface area contributed by atoms with Crippen molar-refractivity contribution in [1.82, 2.24) is 15.1 Å². The van der Waals surface area contributed by atoms with Crippen LogP contribution in [0.3, 0.4) is 0 Å². The average molecular weight is 297 g/mol. The molecular weight excluding hydrogens is 270 g/mol. The zero-order valence-electron chi connectivity index (χ0n) is 13.8. The van der Waals surface area contributed by atoms with Crippen molar-refractivity contribution in [3.05, 3.63) is 41.6 Å². The number of nitrogens with one attached hydrogen (secondary N) is 1. The average Bonchev–Trinajstić information content (AvgIpc) is 3.08. The Kier molecular flexibility index (Phi) is 4.94. The van der Waals surface area contributed by atoms with Crippen LogP contribution in [0.4, 0.5) is 0 Å². The summed E-state index contributed by atoms with van der Waals surface area (Å²) in [6.45, 7) is 7.02. The van der Waals surface area contributed by atoms with Gasteiger partial charge in [-0.1, -0.05) is 32.0 Å². The van der Waals surface area contributed by atoms with Gasteiger partial charge in [0.1, 0.15) is 0 Å². The van der Waals surface area contributed by atoms with Crippen molar-refractivity contribution >= 4 is 0 Å². The molecule has 1 unspecified atom stereocenters. The predicted molar refractivity (Wildman–Crippen MR) is 92.0 cm³/mol. The minimum absolute atomic E-state index is 0.691. The monoisotopic (exact) mass is 297 g/mol. The van der Waals surface area contributed by atoms with Gasteiger partial charge in [0.25, 0.3) is 0 Å². The first-order valence-electron chi connectivity index (χ1n) is 8.68. The largest absolute Gasteiger partial charge is 0.300 e. The summed E-state index contributed by atoms with van der Waals surface area (Å²) in [5.41, 5.74) is 5.54. The van der Waals surface area contributed by atoms with Crippen LogP contribution in [0.5, 0.6) is 0 Å². The first kappa shape index (κ1) is 15.3. The van der Waals surface area contributed by atoms with E-state index in [1.165, 1.54) is 61.9 Å². The number of aromatic amines is 1. The van der Waals surface area contributed by atoms with Gasteiger partial charge in [0.15, 0.2) is 0 Å². The van der Waals surface area contributed by atoms with Crippen LogP contribution in [0.15, 0.2) is 30.5 Å². The molecule has 0 fully saturated rings. The van der Waals surface area contributed by atoms with Crippen molar-refractivity contribution < 1.29 is 0 Å². The van der Waals surface area contributed by atoms with Crippen molar-refractivity contribution in [1.29, 1.82) is 0 Å². The summed E-state index contributed by atoms with van der Waals surface area (Å²) in [5, 5.41) is 7.26. The number of hydrogen-bond acceptors (Lipinski definition) is 2. The van der Waals surface area contributed by atoms with Gasteiger partial charge in [-0.25, -0.2) is 0 Å². The van der Waals surface area contributed by atoms with Gasteiger partial charge in [-0.05, 0) is 62.4 Å². The van der Waals surface area contributed by atoms with Crippen LogP contribution in [-0.2, 0) is 12.8 Å². The van der Waals surface area contributed by atoms with Crippen LogP contribution in [0, 0.1) is 0 Å². The molecule has 1 aliphatic carbocycles. The molecule has 0 saturated heterocycles. The fourth-order valence-electron chi connectivity index (χ4n) is 3.79. The highest BCUT2D eigenvalue weighted by atomic mass is 15.1.